The van der Waals surface area contributed by atoms with Crippen LogP contribution in [-0.2, 0) is 17.8 Å². The van der Waals surface area contributed by atoms with E-state index >= 15 is 0 Å². The highest BCUT2D eigenvalue weighted by atomic mass is 19.4. The van der Waals surface area contributed by atoms with Gasteiger partial charge in [0.05, 0.1) is 17.2 Å². The Bertz CT molecular complexity index is 1190. The maximum absolute atomic E-state index is 12.9. The summed E-state index contributed by atoms with van der Waals surface area (Å²) in [5.74, 6) is -0.655. The summed E-state index contributed by atoms with van der Waals surface area (Å²) in [6, 6.07) is 9.20. The van der Waals surface area contributed by atoms with Gasteiger partial charge >= 0.3 is 6.36 Å². The van der Waals surface area contributed by atoms with Crippen LogP contribution >= 0.6 is 0 Å². The van der Waals surface area contributed by atoms with Gasteiger partial charge in [0.1, 0.15) is 12.3 Å². The van der Waals surface area contributed by atoms with E-state index in [-0.39, 0.29) is 23.8 Å². The molecule has 0 aliphatic carbocycles. The molecule has 1 aromatic heterocycles. The number of ether oxygens (including phenoxy) is 1. The van der Waals surface area contributed by atoms with Crippen molar-refractivity contribution in [2.75, 3.05) is 11.4 Å². The molecule has 2 heterocycles. The van der Waals surface area contributed by atoms with Crippen LogP contribution in [0, 0.1) is 6.92 Å². The molecule has 3 aromatic rings. The number of carbonyl (C=O) groups excluding carboxylic acids is 1. The third-order valence-electron chi connectivity index (χ3n) is 5.07. The van der Waals surface area contributed by atoms with Gasteiger partial charge in [-0.25, -0.2) is 4.98 Å². The van der Waals surface area contributed by atoms with Crippen LogP contribution in [0.1, 0.15) is 17.5 Å². The molecule has 4 rings (SSSR count). The van der Waals surface area contributed by atoms with Crippen LogP contribution in [-0.4, -0.2) is 28.4 Å². The van der Waals surface area contributed by atoms with Gasteiger partial charge in [0.15, 0.2) is 0 Å². The molecule has 6 nitrogen and oxygen atoms in total. The van der Waals surface area contributed by atoms with Crippen molar-refractivity contribution in [2.24, 2.45) is 0 Å². The molecule has 0 fully saturated rings. The fourth-order valence-electron chi connectivity index (χ4n) is 3.71. The minimum Gasteiger partial charge on any atom is -0.406 e. The summed E-state index contributed by atoms with van der Waals surface area (Å²) in [6.45, 7) is 2.06. The summed E-state index contributed by atoms with van der Waals surface area (Å²) >= 11 is 0. The molecular formula is C21H18F3N3O3. The Kier molecular flexibility index (Phi) is 4.97. The quantitative estimate of drug-likeness (QED) is 0.654. The number of aryl methyl sites for hydroxylation is 2. The fourth-order valence-corrected chi connectivity index (χ4v) is 3.71. The average Bonchev–Trinajstić information content (AvgIpc) is 2.68. The van der Waals surface area contributed by atoms with Crippen molar-refractivity contribution in [3.05, 3.63) is 64.2 Å². The Labute approximate surface area is 169 Å². The lowest BCUT2D eigenvalue weighted by molar-refractivity contribution is -0.274. The number of aromatic nitrogens is 2. The predicted octanol–water partition coefficient (Wildman–Crippen LogP) is 3.58. The zero-order chi connectivity index (χ0) is 21.5. The maximum atomic E-state index is 12.9. The van der Waals surface area contributed by atoms with Crippen LogP contribution in [0.15, 0.2) is 47.5 Å². The summed E-state index contributed by atoms with van der Waals surface area (Å²) in [4.78, 5) is 31.5. The van der Waals surface area contributed by atoms with Crippen LogP contribution in [0.25, 0.3) is 10.9 Å². The average molecular weight is 417 g/mol. The van der Waals surface area contributed by atoms with E-state index < -0.39 is 6.36 Å². The van der Waals surface area contributed by atoms with E-state index in [0.717, 1.165) is 5.56 Å². The Hall–Kier alpha value is -3.36. The van der Waals surface area contributed by atoms with Gasteiger partial charge in [0, 0.05) is 12.2 Å². The maximum Gasteiger partial charge on any atom is 0.573 e. The van der Waals surface area contributed by atoms with Gasteiger partial charge < -0.3 is 9.64 Å². The molecule has 1 aliphatic rings. The number of hydrogen-bond acceptors (Lipinski definition) is 4. The van der Waals surface area contributed by atoms with E-state index in [0.29, 0.717) is 41.5 Å². The van der Waals surface area contributed by atoms with Crippen LogP contribution in [0.4, 0.5) is 18.9 Å². The minimum atomic E-state index is -4.78. The van der Waals surface area contributed by atoms with Gasteiger partial charge in [0.2, 0.25) is 5.91 Å². The van der Waals surface area contributed by atoms with Crippen molar-refractivity contribution in [1.82, 2.24) is 9.55 Å². The first-order valence-electron chi connectivity index (χ1n) is 9.37. The van der Waals surface area contributed by atoms with E-state index in [2.05, 4.69) is 9.72 Å². The predicted molar refractivity (Wildman–Crippen MR) is 105 cm³/mol. The third-order valence-corrected chi connectivity index (χ3v) is 5.07. The number of amides is 1. The number of hydrogen-bond donors (Lipinski definition) is 0. The minimum absolute atomic E-state index is 0.212. The summed E-state index contributed by atoms with van der Waals surface area (Å²) in [6.07, 6.45) is -2.30. The molecule has 0 spiro atoms. The van der Waals surface area contributed by atoms with Crippen LogP contribution in [0.3, 0.4) is 0 Å². The number of carbonyl (C=O) groups is 1. The van der Waals surface area contributed by atoms with Crippen molar-refractivity contribution in [1.29, 1.82) is 0 Å². The second-order valence-electron chi connectivity index (χ2n) is 7.14. The lowest BCUT2D eigenvalue weighted by Crippen LogP contribution is -2.39. The van der Waals surface area contributed by atoms with Crippen molar-refractivity contribution in [2.45, 2.75) is 32.7 Å². The third kappa shape index (κ3) is 3.87. The van der Waals surface area contributed by atoms with Gasteiger partial charge in [0.25, 0.3) is 5.56 Å². The topological polar surface area (TPSA) is 64.4 Å². The Morgan fingerprint density at radius 1 is 1.23 bits per heavy atom. The van der Waals surface area contributed by atoms with Gasteiger partial charge in [-0.2, -0.15) is 0 Å². The summed E-state index contributed by atoms with van der Waals surface area (Å²) in [5.41, 5.74) is 2.26. The van der Waals surface area contributed by atoms with Crippen LogP contribution < -0.4 is 15.2 Å². The Morgan fingerprint density at radius 3 is 2.80 bits per heavy atom. The number of nitrogens with zero attached hydrogens (tertiary/aromatic N) is 3. The van der Waals surface area contributed by atoms with E-state index in [9.17, 15) is 22.8 Å². The highest BCUT2D eigenvalue weighted by molar-refractivity contribution is 5.94. The summed E-state index contributed by atoms with van der Waals surface area (Å²) < 4.78 is 42.6. The molecule has 0 saturated heterocycles. The number of anilines is 1. The number of alkyl halides is 3. The molecule has 0 bridgehead atoms. The standard InChI is InChI=1S/C21H18F3N3O3/c1-13-4-2-6-16-19(13)25-12-26(20(16)29)11-18(28)27-9-3-5-14-10-15(7-8-17(14)27)30-21(22,23)24/h2,4,6-8,10,12H,3,5,9,11H2,1H3. The highest BCUT2D eigenvalue weighted by Crippen LogP contribution is 2.32. The SMILES string of the molecule is Cc1cccc2c(=O)n(CC(=O)N3CCCc4cc(OC(F)(F)F)ccc43)cnc12. The van der Waals surface area contributed by atoms with E-state index in [1.165, 1.54) is 34.0 Å². The lowest BCUT2D eigenvalue weighted by Gasteiger charge is -2.30. The van der Waals surface area contributed by atoms with Crippen LogP contribution in [0.2, 0.25) is 0 Å². The second-order valence-corrected chi connectivity index (χ2v) is 7.14. The first-order chi connectivity index (χ1) is 14.2. The monoisotopic (exact) mass is 417 g/mol. The van der Waals surface area contributed by atoms with Crippen molar-refractivity contribution >= 4 is 22.5 Å². The molecule has 1 amide bonds. The van der Waals surface area contributed by atoms with E-state index in [1.54, 1.807) is 12.1 Å². The van der Waals surface area contributed by atoms with E-state index in [4.69, 9.17) is 0 Å². The zero-order valence-corrected chi connectivity index (χ0v) is 16.1. The molecule has 9 heteroatoms. The normalized spacial score (nSPS) is 13.9. The molecular weight excluding hydrogens is 399 g/mol. The zero-order valence-electron chi connectivity index (χ0n) is 16.1. The van der Waals surface area contributed by atoms with Gasteiger partial charge in [-0.1, -0.05) is 12.1 Å². The van der Waals surface area contributed by atoms with E-state index in [1.807, 2.05) is 13.0 Å². The largest absolute Gasteiger partial charge is 0.573 e. The number of benzene rings is 2. The smallest absolute Gasteiger partial charge is 0.406 e. The molecule has 0 atom stereocenters. The molecule has 0 saturated carbocycles. The molecule has 2 aromatic carbocycles. The molecule has 156 valence electrons. The van der Waals surface area contributed by atoms with Crippen LogP contribution in [0.5, 0.6) is 5.75 Å². The Morgan fingerprint density at radius 2 is 2.03 bits per heavy atom. The van der Waals surface area contributed by atoms with Crippen molar-refractivity contribution < 1.29 is 22.7 Å². The van der Waals surface area contributed by atoms with Crippen molar-refractivity contribution in [3.63, 3.8) is 0 Å². The molecule has 0 unspecified atom stereocenters. The first kappa shape index (κ1) is 19.9. The van der Waals surface area contributed by atoms with Gasteiger partial charge in [-0.05, 0) is 55.2 Å². The summed E-state index contributed by atoms with van der Waals surface area (Å²) in [7, 11) is 0. The number of rotatable bonds is 3. The molecule has 0 N–H and O–H groups in total. The van der Waals surface area contributed by atoms with Gasteiger partial charge in [-0.3, -0.25) is 14.2 Å². The molecule has 1 aliphatic heterocycles. The first-order valence-corrected chi connectivity index (χ1v) is 9.37. The number of fused-ring (bicyclic) bond motifs is 2. The van der Waals surface area contributed by atoms with Gasteiger partial charge in [-0.15, -0.1) is 13.2 Å². The lowest BCUT2D eigenvalue weighted by atomic mass is 10.0. The number of para-hydroxylation sites is 1. The summed E-state index contributed by atoms with van der Waals surface area (Å²) in [5, 5.41) is 0.429. The molecule has 30 heavy (non-hydrogen) atoms. The van der Waals surface area contributed by atoms with Crippen molar-refractivity contribution in [3.8, 4) is 5.75 Å². The second kappa shape index (κ2) is 7.47. The fraction of sp³-hybridized carbons (Fsp3) is 0.286. The molecule has 0 radical (unpaired) electrons. The highest BCUT2D eigenvalue weighted by Gasteiger charge is 2.32. The Balaban J connectivity index is 1.61. The number of halogens is 3.